The monoisotopic (exact) mass is 263 g/mol. The van der Waals surface area contributed by atoms with Gasteiger partial charge in [0.05, 0.1) is 5.56 Å². The molecule has 3 nitrogen and oxygen atoms in total. The van der Waals surface area contributed by atoms with Gasteiger partial charge in [-0.15, -0.1) is 0 Å². The fraction of sp³-hybridized carbons (Fsp3) is 0.0769. The molecule has 0 bridgehead atoms. The van der Waals surface area contributed by atoms with Gasteiger partial charge in [-0.05, 0) is 36.8 Å². The van der Waals surface area contributed by atoms with Crippen LogP contribution in [0.15, 0.2) is 46.5 Å². The number of aryl methyl sites for hydroxylation is 1. The van der Waals surface area contributed by atoms with Crippen molar-refractivity contribution in [1.82, 2.24) is 4.98 Å². The lowest BCUT2D eigenvalue weighted by molar-refractivity contribution is 0.0691. The van der Waals surface area contributed by atoms with Gasteiger partial charge in [-0.25, -0.2) is 14.2 Å². The number of halogens is 1. The molecule has 1 aromatic carbocycles. The number of nitrogens with zero attached hydrogens (tertiary/aromatic N) is 1. The van der Waals surface area contributed by atoms with Crippen molar-refractivity contribution in [3.8, 4) is 0 Å². The molecular weight excluding hydrogens is 253 g/mol. The molecule has 0 spiro atoms. The highest BCUT2D eigenvalue weighted by Crippen LogP contribution is 2.29. The van der Waals surface area contributed by atoms with E-state index in [4.69, 9.17) is 5.11 Å². The zero-order valence-corrected chi connectivity index (χ0v) is 10.4. The summed E-state index contributed by atoms with van der Waals surface area (Å²) in [5.74, 6) is -2.00. The van der Waals surface area contributed by atoms with Gasteiger partial charge in [-0.3, -0.25) is 0 Å². The summed E-state index contributed by atoms with van der Waals surface area (Å²) in [5.41, 5.74) is 0.664. The zero-order chi connectivity index (χ0) is 13.1. The number of aromatic carboxylic acids is 1. The first-order valence-corrected chi connectivity index (χ1v) is 6.02. The smallest absolute Gasteiger partial charge is 0.338 e. The lowest BCUT2D eigenvalue weighted by atomic mass is 10.2. The molecule has 0 saturated carbocycles. The van der Waals surface area contributed by atoms with Crippen molar-refractivity contribution in [3.63, 3.8) is 0 Å². The molecular formula is C13H10FNO2S. The molecule has 0 radical (unpaired) electrons. The second-order valence-electron chi connectivity index (χ2n) is 3.67. The summed E-state index contributed by atoms with van der Waals surface area (Å²) < 4.78 is 13.2. The largest absolute Gasteiger partial charge is 0.478 e. The van der Waals surface area contributed by atoms with Gasteiger partial charge in [0.1, 0.15) is 10.8 Å². The van der Waals surface area contributed by atoms with E-state index in [0.29, 0.717) is 4.90 Å². The maximum Gasteiger partial charge on any atom is 0.338 e. The topological polar surface area (TPSA) is 50.2 Å². The molecule has 0 fully saturated rings. The zero-order valence-electron chi connectivity index (χ0n) is 9.55. The molecule has 0 amide bonds. The predicted molar refractivity (Wildman–Crippen MR) is 66.5 cm³/mol. The van der Waals surface area contributed by atoms with Crippen molar-refractivity contribution >= 4 is 17.7 Å². The molecule has 0 aliphatic carbocycles. The second kappa shape index (κ2) is 5.18. The number of benzene rings is 1. The Kier molecular flexibility index (Phi) is 3.62. The first kappa shape index (κ1) is 12.6. The number of pyridine rings is 1. The van der Waals surface area contributed by atoms with Crippen LogP contribution in [0.5, 0.6) is 0 Å². The van der Waals surface area contributed by atoms with E-state index in [1.807, 2.05) is 19.1 Å². The van der Waals surface area contributed by atoms with Crippen LogP contribution in [0, 0.1) is 12.7 Å². The Morgan fingerprint density at radius 3 is 2.83 bits per heavy atom. The van der Waals surface area contributed by atoms with E-state index in [9.17, 15) is 9.18 Å². The molecule has 0 unspecified atom stereocenters. The molecule has 0 aliphatic heterocycles. The first-order chi connectivity index (χ1) is 8.58. The quantitative estimate of drug-likeness (QED) is 0.922. The number of carbonyl (C=O) groups is 1. The van der Waals surface area contributed by atoms with Crippen molar-refractivity contribution in [2.75, 3.05) is 0 Å². The van der Waals surface area contributed by atoms with Crippen LogP contribution in [0.25, 0.3) is 0 Å². The minimum atomic E-state index is -1.27. The minimum Gasteiger partial charge on any atom is -0.478 e. The molecule has 18 heavy (non-hydrogen) atoms. The van der Waals surface area contributed by atoms with Gasteiger partial charge in [-0.2, -0.15) is 0 Å². The molecule has 5 heteroatoms. The summed E-state index contributed by atoms with van der Waals surface area (Å²) >= 11 is 1.31. The van der Waals surface area contributed by atoms with Crippen LogP contribution in [0.1, 0.15) is 15.9 Å². The summed E-state index contributed by atoms with van der Waals surface area (Å²) in [6.45, 7) is 1.91. The highest BCUT2D eigenvalue weighted by atomic mass is 32.2. The lowest BCUT2D eigenvalue weighted by Crippen LogP contribution is -2.00. The standard InChI is InChI=1S/C13H10FNO2S/c1-8-3-2-6-15-12(8)18-9-4-5-11(14)10(7-9)13(16)17/h2-7H,1H3,(H,16,17). The molecule has 2 rings (SSSR count). The van der Waals surface area contributed by atoms with E-state index in [1.165, 1.54) is 17.8 Å². The van der Waals surface area contributed by atoms with Crippen molar-refractivity contribution in [2.24, 2.45) is 0 Å². The van der Waals surface area contributed by atoms with Crippen LogP contribution in [0.2, 0.25) is 0 Å². The van der Waals surface area contributed by atoms with E-state index in [0.717, 1.165) is 16.7 Å². The Morgan fingerprint density at radius 2 is 2.17 bits per heavy atom. The van der Waals surface area contributed by atoms with E-state index >= 15 is 0 Å². The molecule has 1 heterocycles. The number of hydrogen-bond acceptors (Lipinski definition) is 3. The third kappa shape index (κ3) is 2.68. The number of carboxylic acids is 1. The van der Waals surface area contributed by atoms with Crippen LogP contribution in [0.4, 0.5) is 4.39 Å². The van der Waals surface area contributed by atoms with Crippen molar-refractivity contribution in [2.45, 2.75) is 16.8 Å². The number of aromatic nitrogens is 1. The normalized spacial score (nSPS) is 10.3. The lowest BCUT2D eigenvalue weighted by Gasteiger charge is -2.05. The molecule has 0 atom stereocenters. The second-order valence-corrected chi connectivity index (χ2v) is 4.74. The minimum absolute atomic E-state index is 0.325. The number of carboxylic acid groups (broad SMARTS) is 1. The average molecular weight is 263 g/mol. The number of hydrogen-bond donors (Lipinski definition) is 1. The molecule has 0 saturated heterocycles. The number of rotatable bonds is 3. The molecule has 0 aliphatic rings. The molecule has 1 aromatic heterocycles. The SMILES string of the molecule is Cc1cccnc1Sc1ccc(F)c(C(=O)O)c1. The third-order valence-electron chi connectivity index (χ3n) is 2.34. The summed E-state index contributed by atoms with van der Waals surface area (Å²) in [6, 6.07) is 7.75. The van der Waals surface area contributed by atoms with Gasteiger partial charge >= 0.3 is 5.97 Å². The highest BCUT2D eigenvalue weighted by molar-refractivity contribution is 7.99. The van der Waals surface area contributed by atoms with Crippen molar-refractivity contribution in [3.05, 3.63) is 53.5 Å². The fourth-order valence-electron chi connectivity index (χ4n) is 1.42. The molecule has 1 N–H and O–H groups in total. The van der Waals surface area contributed by atoms with Gasteiger partial charge in [-0.1, -0.05) is 17.8 Å². The van der Waals surface area contributed by atoms with Crippen LogP contribution in [-0.4, -0.2) is 16.1 Å². The van der Waals surface area contributed by atoms with E-state index in [2.05, 4.69) is 4.98 Å². The van der Waals surface area contributed by atoms with Crippen LogP contribution >= 0.6 is 11.8 Å². The van der Waals surface area contributed by atoms with Gasteiger partial charge in [0.15, 0.2) is 0 Å². The summed E-state index contributed by atoms with van der Waals surface area (Å²) in [7, 11) is 0. The Morgan fingerprint density at radius 1 is 1.39 bits per heavy atom. The Balaban J connectivity index is 2.33. The van der Waals surface area contributed by atoms with Gasteiger partial charge in [0.25, 0.3) is 0 Å². The predicted octanol–water partition coefficient (Wildman–Crippen LogP) is 3.38. The maximum absolute atomic E-state index is 13.2. The van der Waals surface area contributed by atoms with Gasteiger partial charge < -0.3 is 5.11 Å². The van der Waals surface area contributed by atoms with E-state index in [1.54, 1.807) is 12.3 Å². The van der Waals surface area contributed by atoms with Gasteiger partial charge in [0, 0.05) is 11.1 Å². The Bertz CT molecular complexity index is 601. The van der Waals surface area contributed by atoms with E-state index in [-0.39, 0.29) is 5.56 Å². The molecule has 2 aromatic rings. The summed E-state index contributed by atoms with van der Waals surface area (Å²) in [6.07, 6.45) is 1.66. The Labute approximate surface area is 108 Å². The van der Waals surface area contributed by atoms with Crippen LogP contribution in [0.3, 0.4) is 0 Å². The Hall–Kier alpha value is -1.88. The maximum atomic E-state index is 13.2. The van der Waals surface area contributed by atoms with Crippen molar-refractivity contribution in [1.29, 1.82) is 0 Å². The van der Waals surface area contributed by atoms with Crippen LogP contribution < -0.4 is 0 Å². The van der Waals surface area contributed by atoms with Crippen LogP contribution in [-0.2, 0) is 0 Å². The summed E-state index contributed by atoms with van der Waals surface area (Å²) in [5, 5.41) is 9.62. The van der Waals surface area contributed by atoms with Gasteiger partial charge in [0.2, 0.25) is 0 Å². The fourth-order valence-corrected chi connectivity index (χ4v) is 2.30. The first-order valence-electron chi connectivity index (χ1n) is 5.20. The average Bonchev–Trinajstić information content (AvgIpc) is 2.34. The summed E-state index contributed by atoms with van der Waals surface area (Å²) in [4.78, 5) is 15.7. The molecule has 92 valence electrons. The van der Waals surface area contributed by atoms with Crippen molar-refractivity contribution < 1.29 is 14.3 Å². The highest BCUT2D eigenvalue weighted by Gasteiger charge is 2.12. The van der Waals surface area contributed by atoms with E-state index < -0.39 is 11.8 Å². The third-order valence-corrected chi connectivity index (χ3v) is 3.45.